The minimum absolute atomic E-state index is 0.188. The van der Waals surface area contributed by atoms with Crippen LogP contribution in [0.15, 0.2) is 24.5 Å². The van der Waals surface area contributed by atoms with Gasteiger partial charge in [-0.15, -0.1) is 5.10 Å². The number of carbonyl (C=O) groups excluding carboxylic acids is 1. The number of carbonyl (C=O) groups is 1. The molecule has 2 N–H and O–H groups in total. The number of amides is 1. The number of nitrogens with one attached hydrogen (secondary N) is 1. The van der Waals surface area contributed by atoms with Crippen LogP contribution >= 0.6 is 0 Å². The molecule has 0 radical (unpaired) electrons. The number of nitrogens with zero attached hydrogens (tertiary/aromatic N) is 7. The molecule has 0 unspecified atom stereocenters. The van der Waals surface area contributed by atoms with Gasteiger partial charge in [-0.3, -0.25) is 14.8 Å². The van der Waals surface area contributed by atoms with Crippen LogP contribution in [0.4, 0.5) is 29.6 Å². The zero-order valence-corrected chi connectivity index (χ0v) is 26.7. The van der Waals surface area contributed by atoms with Gasteiger partial charge in [0.05, 0.1) is 44.0 Å². The monoisotopic (exact) mass is 694 g/mol. The lowest BCUT2D eigenvalue weighted by atomic mass is 10.1. The molecule has 0 aliphatic carbocycles. The van der Waals surface area contributed by atoms with Crippen LogP contribution in [0.5, 0.6) is 0 Å². The van der Waals surface area contributed by atoms with Gasteiger partial charge in [0.1, 0.15) is 11.3 Å². The first kappa shape index (κ1) is 35.2. The highest BCUT2D eigenvalue weighted by Crippen LogP contribution is 2.38. The van der Waals surface area contributed by atoms with Gasteiger partial charge < -0.3 is 14.4 Å². The van der Waals surface area contributed by atoms with Gasteiger partial charge in [-0.1, -0.05) is 0 Å². The van der Waals surface area contributed by atoms with Crippen molar-refractivity contribution in [2.45, 2.75) is 12.7 Å². The van der Waals surface area contributed by atoms with E-state index in [0.717, 1.165) is 18.9 Å². The van der Waals surface area contributed by atoms with Crippen LogP contribution in [0, 0.1) is 0 Å². The SMILES string of the molecule is COC(=O)Nc1cc(C(F)(F)F)c(-c2nc(N3CCOCC3)c3cc(CN4CCN(S(C)(=O)=O)CC4)cn3n2)cn1.CS(=O)(=O)O. The molecular weight excluding hydrogens is 661 g/mol. The van der Waals surface area contributed by atoms with E-state index in [1.54, 1.807) is 6.20 Å². The number of morpholine rings is 1. The Morgan fingerprint density at radius 1 is 1.07 bits per heavy atom. The molecule has 2 saturated heterocycles. The number of pyridine rings is 1. The summed E-state index contributed by atoms with van der Waals surface area (Å²) in [6.45, 7) is 4.20. The van der Waals surface area contributed by atoms with Crippen LogP contribution in [-0.2, 0) is 42.3 Å². The normalized spacial score (nSPS) is 17.0. The maximum atomic E-state index is 14.2. The fourth-order valence-corrected chi connectivity index (χ4v) is 5.64. The summed E-state index contributed by atoms with van der Waals surface area (Å²) in [5, 5.41) is 6.58. The number of ether oxygens (including phenoxy) is 2. The summed E-state index contributed by atoms with van der Waals surface area (Å²) in [4.78, 5) is 24.1. The fourth-order valence-electron chi connectivity index (χ4n) is 4.82. The van der Waals surface area contributed by atoms with Crippen molar-refractivity contribution in [1.82, 2.24) is 28.8 Å². The summed E-state index contributed by atoms with van der Waals surface area (Å²) in [7, 11) is -5.84. The third kappa shape index (κ3) is 9.45. The zero-order valence-electron chi connectivity index (χ0n) is 25.1. The van der Waals surface area contributed by atoms with Crippen LogP contribution in [0.1, 0.15) is 11.1 Å². The van der Waals surface area contributed by atoms with E-state index in [2.05, 4.69) is 30.0 Å². The molecule has 1 amide bonds. The summed E-state index contributed by atoms with van der Waals surface area (Å²) >= 11 is 0. The van der Waals surface area contributed by atoms with Gasteiger partial charge in [0.2, 0.25) is 10.0 Å². The highest BCUT2D eigenvalue weighted by molar-refractivity contribution is 7.88. The lowest BCUT2D eigenvalue weighted by Crippen LogP contribution is -2.47. The summed E-state index contributed by atoms with van der Waals surface area (Å²) in [6.07, 6.45) is -1.13. The van der Waals surface area contributed by atoms with Gasteiger partial charge in [0.25, 0.3) is 10.1 Å². The average Bonchev–Trinajstić information content (AvgIpc) is 3.38. The number of hydrogen-bond donors (Lipinski definition) is 2. The Morgan fingerprint density at radius 2 is 1.70 bits per heavy atom. The quantitative estimate of drug-likeness (QED) is 0.353. The Bertz CT molecular complexity index is 1770. The van der Waals surface area contributed by atoms with Crippen LogP contribution in [0.3, 0.4) is 0 Å². The molecule has 3 aromatic rings. The van der Waals surface area contributed by atoms with Crippen molar-refractivity contribution >= 4 is 43.4 Å². The number of piperazine rings is 1. The molecule has 2 aliphatic rings. The van der Waals surface area contributed by atoms with Crippen molar-refractivity contribution in [3.05, 3.63) is 35.7 Å². The van der Waals surface area contributed by atoms with Crippen molar-refractivity contribution in [1.29, 1.82) is 0 Å². The predicted octanol–water partition coefficient (Wildman–Crippen LogP) is 1.41. The van der Waals surface area contributed by atoms with Gasteiger partial charge in [0.15, 0.2) is 11.6 Å². The minimum atomic E-state index is -4.79. The van der Waals surface area contributed by atoms with Crippen molar-refractivity contribution < 1.29 is 48.8 Å². The van der Waals surface area contributed by atoms with Crippen molar-refractivity contribution in [3.8, 4) is 11.4 Å². The van der Waals surface area contributed by atoms with Crippen molar-refractivity contribution in [2.24, 2.45) is 0 Å². The maximum Gasteiger partial charge on any atom is 0.417 e. The van der Waals surface area contributed by atoms with Crippen molar-refractivity contribution in [3.63, 3.8) is 0 Å². The first-order valence-corrected chi connectivity index (χ1v) is 17.4. The lowest BCUT2D eigenvalue weighted by Gasteiger charge is -2.32. The Labute approximate surface area is 262 Å². The number of rotatable bonds is 6. The molecule has 0 spiro atoms. The molecule has 0 saturated carbocycles. The third-order valence-corrected chi connectivity index (χ3v) is 8.19. The van der Waals surface area contributed by atoms with Gasteiger partial charge in [-0.25, -0.2) is 27.7 Å². The maximum absolute atomic E-state index is 14.2. The molecule has 5 rings (SSSR count). The average molecular weight is 695 g/mol. The summed E-state index contributed by atoms with van der Waals surface area (Å²) in [5.74, 6) is -0.0645. The number of sulfonamides is 1. The molecule has 2 fully saturated rings. The number of fused-ring (bicyclic) bond motifs is 1. The second-order valence-electron chi connectivity index (χ2n) is 10.4. The second kappa shape index (κ2) is 14.0. The van der Waals surface area contributed by atoms with Gasteiger partial charge >= 0.3 is 12.3 Å². The van der Waals surface area contributed by atoms with E-state index in [1.165, 1.54) is 15.1 Å². The fraction of sp³-hybridized carbons (Fsp3) is 0.520. The Morgan fingerprint density at radius 3 is 2.26 bits per heavy atom. The molecule has 5 heterocycles. The van der Waals surface area contributed by atoms with Gasteiger partial charge in [-0.2, -0.15) is 25.9 Å². The number of halogens is 3. The number of alkyl halides is 3. The highest BCUT2D eigenvalue weighted by Gasteiger charge is 2.36. The molecule has 3 aromatic heterocycles. The molecule has 46 heavy (non-hydrogen) atoms. The van der Waals surface area contributed by atoms with Gasteiger partial charge in [0, 0.05) is 58.2 Å². The first-order chi connectivity index (χ1) is 21.4. The van der Waals surface area contributed by atoms with E-state index >= 15 is 0 Å². The summed E-state index contributed by atoms with van der Waals surface area (Å²) in [6, 6.07) is 2.61. The topological polar surface area (TPSA) is 189 Å². The van der Waals surface area contributed by atoms with E-state index in [0.29, 0.717) is 82.7 Å². The van der Waals surface area contributed by atoms with Gasteiger partial charge in [-0.05, 0) is 17.7 Å². The molecule has 2 aliphatic heterocycles. The van der Waals surface area contributed by atoms with E-state index in [4.69, 9.17) is 9.29 Å². The predicted molar refractivity (Wildman–Crippen MR) is 159 cm³/mol. The second-order valence-corrected chi connectivity index (χ2v) is 13.9. The molecule has 0 bridgehead atoms. The molecular formula is C25H33F3N8O8S2. The Balaban J connectivity index is 0.000000892. The highest BCUT2D eigenvalue weighted by atomic mass is 32.2. The van der Waals surface area contributed by atoms with E-state index in [9.17, 15) is 34.8 Å². The van der Waals surface area contributed by atoms with E-state index < -0.39 is 38.0 Å². The van der Waals surface area contributed by atoms with Crippen LogP contribution in [0.2, 0.25) is 0 Å². The van der Waals surface area contributed by atoms with Crippen molar-refractivity contribution in [2.75, 3.05) is 82.3 Å². The molecule has 0 atom stereocenters. The molecule has 0 aromatic carbocycles. The lowest BCUT2D eigenvalue weighted by molar-refractivity contribution is -0.137. The summed E-state index contributed by atoms with van der Waals surface area (Å²) < 4.78 is 105. The smallest absolute Gasteiger partial charge is 0.417 e. The standard InChI is InChI=1S/C24H29F3N8O5S.CH4O3S/c1-39-23(36)29-20-12-18(24(25,26)27)17(13-28-20)21-30-22(33-7-9-40-10-8-33)19-11-16(15-35(19)31-21)14-32-3-5-34(6-4-32)41(2,37)38;1-5(2,3)4/h11-13,15H,3-10,14H2,1-2H3,(H,28,29,36);1H3,(H,2,3,4). The largest absolute Gasteiger partial charge is 0.453 e. The molecule has 16 nitrogen and oxygen atoms in total. The molecule has 254 valence electrons. The Kier molecular flexibility index (Phi) is 10.7. The van der Waals surface area contributed by atoms with Crippen LogP contribution in [-0.4, -0.2) is 128 Å². The minimum Gasteiger partial charge on any atom is -0.453 e. The van der Waals surface area contributed by atoms with E-state index in [-0.39, 0.29) is 17.2 Å². The zero-order chi connectivity index (χ0) is 33.9. The summed E-state index contributed by atoms with van der Waals surface area (Å²) in [5.41, 5.74) is 0.0512. The number of hydrogen-bond acceptors (Lipinski definition) is 12. The number of anilines is 2. The number of aromatic nitrogens is 4. The molecule has 21 heteroatoms. The van der Waals surface area contributed by atoms with E-state index in [1.807, 2.05) is 11.0 Å². The number of methoxy groups -OCH3 is 1. The Hall–Kier alpha value is -3.63. The first-order valence-electron chi connectivity index (χ1n) is 13.7. The third-order valence-electron chi connectivity index (χ3n) is 6.88. The van der Waals surface area contributed by atoms with Crippen LogP contribution in [0.25, 0.3) is 16.9 Å². The van der Waals surface area contributed by atoms with Crippen LogP contribution < -0.4 is 10.2 Å².